The van der Waals surface area contributed by atoms with Crippen molar-refractivity contribution in [2.24, 2.45) is 23.7 Å². The second kappa shape index (κ2) is 8.45. The average Bonchev–Trinajstić information content (AvgIpc) is 3.73. The van der Waals surface area contributed by atoms with Gasteiger partial charge in [0.1, 0.15) is 22.2 Å². The van der Waals surface area contributed by atoms with Gasteiger partial charge >= 0.3 is 0 Å². The minimum atomic E-state index is 0.732. The summed E-state index contributed by atoms with van der Waals surface area (Å²) in [6.45, 7) is 0. The van der Waals surface area contributed by atoms with Crippen LogP contribution in [-0.4, -0.2) is 9.97 Å². The van der Waals surface area contributed by atoms with Gasteiger partial charge in [-0.2, -0.15) is 0 Å². The summed E-state index contributed by atoms with van der Waals surface area (Å²) in [7, 11) is 0. The largest absolute Gasteiger partial charge is 0.454 e. The molecule has 4 bridgehead atoms. The van der Waals surface area contributed by atoms with Crippen molar-refractivity contribution in [3.8, 4) is 0 Å². The average molecular weight is 548 g/mol. The Morgan fingerprint density at radius 2 is 1.17 bits per heavy atom. The van der Waals surface area contributed by atoms with Gasteiger partial charge in [0.05, 0.1) is 0 Å². The van der Waals surface area contributed by atoms with Crippen LogP contribution < -0.4 is 4.90 Å². The molecule has 5 atom stereocenters. The number of nitrogens with zero attached hydrogens (tertiary/aromatic N) is 3. The zero-order valence-electron chi connectivity index (χ0n) is 23.1. The molecular formula is C37H29N3O2. The van der Waals surface area contributed by atoms with Gasteiger partial charge in [-0.05, 0) is 134 Å². The van der Waals surface area contributed by atoms with Gasteiger partial charge in [-0.3, -0.25) is 9.97 Å². The lowest BCUT2D eigenvalue weighted by Crippen LogP contribution is -2.21. The van der Waals surface area contributed by atoms with Gasteiger partial charge in [0, 0.05) is 40.2 Å². The summed E-state index contributed by atoms with van der Waals surface area (Å²) in [4.78, 5) is 11.6. The highest BCUT2D eigenvalue weighted by Crippen LogP contribution is 2.64. The molecule has 0 radical (unpaired) electrons. The summed E-state index contributed by atoms with van der Waals surface area (Å²) in [6, 6.07) is 30.0. The van der Waals surface area contributed by atoms with Crippen molar-refractivity contribution in [1.82, 2.24) is 9.97 Å². The molecule has 0 aliphatic heterocycles. The Bertz CT molecular complexity index is 2040. The molecule has 7 aromatic rings. The van der Waals surface area contributed by atoms with Crippen LogP contribution in [0.25, 0.3) is 44.1 Å². The molecule has 4 aliphatic rings. The van der Waals surface area contributed by atoms with Crippen LogP contribution in [0.1, 0.15) is 37.2 Å². The Morgan fingerprint density at radius 3 is 1.79 bits per heavy atom. The quantitative estimate of drug-likeness (QED) is 0.219. The van der Waals surface area contributed by atoms with Gasteiger partial charge in [-0.25, -0.2) is 0 Å². The highest BCUT2D eigenvalue weighted by Gasteiger charge is 2.53. The van der Waals surface area contributed by atoms with Gasteiger partial charge in [-0.15, -0.1) is 0 Å². The SMILES string of the molecule is c1cnc2c(c1)oc1ccc(N(c3ccc(C4C5CC6CC(C5)C4C6)cc3)c3ccc4oc5cccnc5c4c3)cc12. The summed E-state index contributed by atoms with van der Waals surface area (Å²) in [5, 5.41) is 2.03. The number of hydrogen-bond donors (Lipinski definition) is 0. The predicted molar refractivity (Wildman–Crippen MR) is 166 cm³/mol. The van der Waals surface area contributed by atoms with Crippen molar-refractivity contribution >= 4 is 61.2 Å². The van der Waals surface area contributed by atoms with Gasteiger partial charge in [0.25, 0.3) is 0 Å². The standard InChI is InChI=1S/C37H29N3O2/c1-3-33-36(38-13-1)29-19-26(9-11-31(29)41-33)40(27-10-12-32-30(20-27)37-34(42-32)4-2-14-39-37)25-7-5-22(6-8-25)35-24-16-21-15-23(18-24)28(35)17-21/h1-14,19-21,23-24,28,35H,15-18H2. The van der Waals surface area contributed by atoms with Gasteiger partial charge in [-0.1, -0.05) is 12.1 Å². The molecule has 0 saturated heterocycles. The molecule has 5 unspecified atom stereocenters. The number of furan rings is 2. The molecule has 0 spiro atoms. The first kappa shape index (κ1) is 23.0. The maximum atomic E-state index is 6.11. The number of pyridine rings is 2. The van der Waals surface area contributed by atoms with Crippen LogP contribution in [0, 0.1) is 23.7 Å². The van der Waals surface area contributed by atoms with Crippen LogP contribution in [0.2, 0.25) is 0 Å². The highest BCUT2D eigenvalue weighted by molar-refractivity contribution is 6.06. The molecule has 0 amide bonds. The molecule has 0 N–H and O–H groups in total. The molecule has 11 rings (SSSR count). The molecule has 4 fully saturated rings. The number of anilines is 3. The van der Waals surface area contributed by atoms with Gasteiger partial charge in [0.2, 0.25) is 0 Å². The molecule has 204 valence electrons. The Kier molecular flexibility index (Phi) is 4.62. The highest BCUT2D eigenvalue weighted by atomic mass is 16.3. The molecule has 42 heavy (non-hydrogen) atoms. The van der Waals surface area contributed by atoms with Crippen LogP contribution in [0.4, 0.5) is 17.1 Å². The molecule has 4 saturated carbocycles. The number of fused-ring (bicyclic) bond motifs is 6. The number of aromatic nitrogens is 2. The fourth-order valence-corrected chi connectivity index (χ4v) is 9.00. The van der Waals surface area contributed by atoms with E-state index < -0.39 is 0 Å². The second-order valence-corrected chi connectivity index (χ2v) is 12.7. The summed E-state index contributed by atoms with van der Waals surface area (Å²) >= 11 is 0. The fourth-order valence-electron chi connectivity index (χ4n) is 9.00. The Morgan fingerprint density at radius 1 is 0.571 bits per heavy atom. The minimum Gasteiger partial charge on any atom is -0.454 e. The van der Waals surface area contributed by atoms with E-state index in [1.54, 1.807) is 0 Å². The maximum Gasteiger partial charge on any atom is 0.153 e. The van der Waals surface area contributed by atoms with E-state index in [-0.39, 0.29) is 0 Å². The lowest BCUT2D eigenvalue weighted by Gasteiger charge is -2.33. The van der Waals surface area contributed by atoms with E-state index in [0.29, 0.717) is 0 Å². The van der Waals surface area contributed by atoms with Crippen molar-refractivity contribution < 1.29 is 8.83 Å². The van der Waals surface area contributed by atoms with Crippen LogP contribution in [0.3, 0.4) is 0 Å². The molecule has 3 aromatic carbocycles. The number of rotatable bonds is 4. The van der Waals surface area contributed by atoms with Crippen molar-refractivity contribution in [2.75, 3.05) is 4.90 Å². The van der Waals surface area contributed by atoms with Gasteiger partial charge in [0.15, 0.2) is 11.2 Å². The zero-order chi connectivity index (χ0) is 27.4. The fraction of sp³-hybridized carbons (Fsp3) is 0.243. The molecule has 5 nitrogen and oxygen atoms in total. The van der Waals surface area contributed by atoms with E-state index in [9.17, 15) is 0 Å². The van der Waals surface area contributed by atoms with Crippen molar-refractivity contribution in [1.29, 1.82) is 0 Å². The van der Waals surface area contributed by atoms with Crippen molar-refractivity contribution in [2.45, 2.75) is 31.6 Å². The Hall–Kier alpha value is -4.64. The molecule has 4 heterocycles. The van der Waals surface area contributed by atoms with E-state index in [1.807, 2.05) is 36.7 Å². The van der Waals surface area contributed by atoms with E-state index in [2.05, 4.69) is 75.5 Å². The molecule has 5 heteroatoms. The summed E-state index contributed by atoms with van der Waals surface area (Å²) in [6.07, 6.45) is 9.45. The van der Waals surface area contributed by atoms with Crippen LogP contribution in [0.5, 0.6) is 0 Å². The topological polar surface area (TPSA) is 55.3 Å². The number of hydrogen-bond acceptors (Lipinski definition) is 5. The first-order valence-corrected chi connectivity index (χ1v) is 15.2. The monoisotopic (exact) mass is 547 g/mol. The first-order valence-electron chi connectivity index (χ1n) is 15.2. The van der Waals surface area contributed by atoms with Gasteiger partial charge < -0.3 is 13.7 Å². The predicted octanol–water partition coefficient (Wildman–Crippen LogP) is 9.89. The smallest absolute Gasteiger partial charge is 0.153 e. The third-order valence-electron chi connectivity index (χ3n) is 10.5. The van der Waals surface area contributed by atoms with Crippen molar-refractivity contribution in [3.05, 3.63) is 103 Å². The lowest BCUT2D eigenvalue weighted by atomic mass is 9.72. The number of benzene rings is 3. The normalized spacial score (nSPS) is 24.5. The molecule has 4 aromatic heterocycles. The third kappa shape index (κ3) is 3.25. The second-order valence-electron chi connectivity index (χ2n) is 12.7. The maximum absolute atomic E-state index is 6.11. The molecular weight excluding hydrogens is 518 g/mol. The zero-order valence-corrected chi connectivity index (χ0v) is 23.1. The molecule has 4 aliphatic carbocycles. The van der Waals surface area contributed by atoms with E-state index >= 15 is 0 Å². The summed E-state index contributed by atoms with van der Waals surface area (Å²) < 4.78 is 12.2. The van der Waals surface area contributed by atoms with Crippen LogP contribution in [0.15, 0.2) is 106 Å². The lowest BCUT2D eigenvalue weighted by molar-refractivity contribution is 0.249. The van der Waals surface area contributed by atoms with Crippen molar-refractivity contribution in [3.63, 3.8) is 0 Å². The first-order chi connectivity index (χ1) is 20.8. The summed E-state index contributed by atoms with van der Waals surface area (Å²) in [5.41, 5.74) is 9.83. The van der Waals surface area contributed by atoms with Crippen LogP contribution in [-0.2, 0) is 0 Å². The summed E-state index contributed by atoms with van der Waals surface area (Å²) in [5.74, 6) is 4.46. The van der Waals surface area contributed by atoms with Crippen LogP contribution >= 0.6 is 0 Å². The Balaban J connectivity index is 1.13. The van der Waals surface area contributed by atoms with E-state index in [4.69, 9.17) is 8.83 Å². The van der Waals surface area contributed by atoms with E-state index in [0.717, 1.165) is 90.8 Å². The Labute approximate surface area is 242 Å². The van der Waals surface area contributed by atoms with E-state index in [1.165, 1.54) is 31.2 Å². The minimum absolute atomic E-state index is 0.732. The third-order valence-corrected chi connectivity index (χ3v) is 10.5.